The van der Waals surface area contributed by atoms with Gasteiger partial charge in [0.15, 0.2) is 5.76 Å². The van der Waals surface area contributed by atoms with Crippen molar-refractivity contribution < 1.29 is 8.81 Å². The summed E-state index contributed by atoms with van der Waals surface area (Å²) in [6.07, 6.45) is 3.70. The van der Waals surface area contributed by atoms with Crippen LogP contribution < -0.4 is 0 Å². The van der Waals surface area contributed by atoms with Crippen LogP contribution in [0.5, 0.6) is 0 Å². The number of oxazole rings is 1. The predicted octanol–water partition coefficient (Wildman–Crippen LogP) is 7.76. The lowest BCUT2D eigenvalue weighted by molar-refractivity contribution is 0.589. The molecular formula is C28H19FN2O. The number of hydrogen-bond donors (Lipinski definition) is 1. The van der Waals surface area contributed by atoms with Crippen LogP contribution in [0.2, 0.25) is 0 Å². The minimum atomic E-state index is -0.245. The van der Waals surface area contributed by atoms with Gasteiger partial charge < -0.3 is 9.40 Å². The highest BCUT2D eigenvalue weighted by molar-refractivity contribution is 6.01. The summed E-state index contributed by atoms with van der Waals surface area (Å²) < 4.78 is 19.7. The summed E-state index contributed by atoms with van der Waals surface area (Å²) in [5.74, 6) is 1.10. The van der Waals surface area contributed by atoms with E-state index in [1.807, 2.05) is 36.5 Å². The normalized spacial score (nSPS) is 11.4. The molecule has 2 aromatic heterocycles. The van der Waals surface area contributed by atoms with Gasteiger partial charge in [0.2, 0.25) is 5.89 Å². The summed E-state index contributed by atoms with van der Waals surface area (Å²) in [6, 6.07) is 25.5. The Morgan fingerprint density at radius 3 is 2.50 bits per heavy atom. The van der Waals surface area contributed by atoms with E-state index in [2.05, 4.69) is 53.3 Å². The van der Waals surface area contributed by atoms with E-state index in [0.717, 1.165) is 49.7 Å². The standard InChI is InChI=1S/C28H19FN2O/c1-17-5-7-18(8-6-17)27-16-31-28(32-27)24-4-2-3-19-13-20(9-11-22(19)24)25-15-30-26-14-21(29)10-12-23(25)26/h2-16,30H,1H3. The quantitative estimate of drug-likeness (QED) is 0.319. The van der Waals surface area contributed by atoms with Crippen LogP contribution in [-0.4, -0.2) is 9.97 Å². The lowest BCUT2D eigenvalue weighted by atomic mass is 9.98. The third kappa shape index (κ3) is 3.08. The Labute approximate surface area is 184 Å². The molecule has 0 atom stereocenters. The molecule has 0 aliphatic carbocycles. The molecule has 0 saturated carbocycles. The largest absolute Gasteiger partial charge is 0.436 e. The van der Waals surface area contributed by atoms with Crippen molar-refractivity contribution in [3.05, 3.63) is 103 Å². The molecule has 6 rings (SSSR count). The summed E-state index contributed by atoms with van der Waals surface area (Å²) in [7, 11) is 0. The van der Waals surface area contributed by atoms with Crippen LogP contribution in [0.15, 0.2) is 95.7 Å². The van der Waals surface area contributed by atoms with Crippen molar-refractivity contribution in [1.82, 2.24) is 9.97 Å². The number of aromatic amines is 1. The second kappa shape index (κ2) is 7.20. The van der Waals surface area contributed by atoms with E-state index >= 15 is 0 Å². The zero-order valence-corrected chi connectivity index (χ0v) is 17.4. The first-order chi connectivity index (χ1) is 15.7. The van der Waals surface area contributed by atoms with Gasteiger partial charge in [-0.15, -0.1) is 0 Å². The fraction of sp³-hybridized carbons (Fsp3) is 0.0357. The molecule has 0 fully saturated rings. The van der Waals surface area contributed by atoms with Crippen LogP contribution in [0, 0.1) is 12.7 Å². The summed E-state index contributed by atoms with van der Waals surface area (Å²) in [5, 5.41) is 3.16. The summed E-state index contributed by atoms with van der Waals surface area (Å²) >= 11 is 0. The first-order valence-electron chi connectivity index (χ1n) is 10.5. The van der Waals surface area contributed by atoms with E-state index in [4.69, 9.17) is 4.42 Å². The number of rotatable bonds is 3. The number of halogens is 1. The Morgan fingerprint density at radius 2 is 1.62 bits per heavy atom. The van der Waals surface area contributed by atoms with E-state index in [1.54, 1.807) is 6.20 Å². The number of aromatic nitrogens is 2. The molecule has 32 heavy (non-hydrogen) atoms. The Kier molecular flexibility index (Phi) is 4.18. The van der Waals surface area contributed by atoms with Crippen LogP contribution in [0.25, 0.3) is 55.6 Å². The van der Waals surface area contributed by atoms with E-state index in [9.17, 15) is 4.39 Å². The Balaban J connectivity index is 1.42. The Bertz CT molecular complexity index is 1590. The maximum atomic E-state index is 13.6. The molecule has 0 saturated heterocycles. The van der Waals surface area contributed by atoms with E-state index in [-0.39, 0.29) is 5.82 Å². The van der Waals surface area contributed by atoms with Gasteiger partial charge >= 0.3 is 0 Å². The fourth-order valence-electron chi connectivity index (χ4n) is 4.22. The topological polar surface area (TPSA) is 41.8 Å². The minimum Gasteiger partial charge on any atom is -0.436 e. The van der Waals surface area contributed by atoms with Crippen molar-refractivity contribution in [2.75, 3.05) is 0 Å². The van der Waals surface area contributed by atoms with Crippen LogP contribution in [0.3, 0.4) is 0 Å². The number of fused-ring (bicyclic) bond motifs is 2. The third-order valence-electron chi connectivity index (χ3n) is 5.91. The van der Waals surface area contributed by atoms with E-state index in [1.165, 1.54) is 17.7 Å². The van der Waals surface area contributed by atoms with Gasteiger partial charge in [-0.2, -0.15) is 0 Å². The summed E-state index contributed by atoms with van der Waals surface area (Å²) in [5.41, 5.74) is 6.07. The van der Waals surface area contributed by atoms with Gasteiger partial charge in [-0.25, -0.2) is 9.37 Å². The van der Waals surface area contributed by atoms with E-state index in [0.29, 0.717) is 5.89 Å². The molecule has 4 aromatic carbocycles. The van der Waals surface area contributed by atoms with Crippen molar-refractivity contribution >= 4 is 21.7 Å². The van der Waals surface area contributed by atoms with Gasteiger partial charge in [-0.3, -0.25) is 0 Å². The van der Waals surface area contributed by atoms with Gasteiger partial charge in [0.1, 0.15) is 5.82 Å². The maximum Gasteiger partial charge on any atom is 0.227 e. The lowest BCUT2D eigenvalue weighted by Gasteiger charge is -2.07. The summed E-state index contributed by atoms with van der Waals surface area (Å²) in [6.45, 7) is 2.06. The molecule has 2 heterocycles. The average molecular weight is 418 g/mol. The molecule has 0 radical (unpaired) electrons. The van der Waals surface area contributed by atoms with Crippen molar-refractivity contribution in [3.8, 4) is 33.9 Å². The van der Waals surface area contributed by atoms with E-state index < -0.39 is 0 Å². The lowest BCUT2D eigenvalue weighted by Crippen LogP contribution is -1.83. The molecule has 0 amide bonds. The highest BCUT2D eigenvalue weighted by Crippen LogP contribution is 2.35. The fourth-order valence-corrected chi connectivity index (χ4v) is 4.22. The number of aryl methyl sites for hydroxylation is 1. The van der Waals surface area contributed by atoms with Gasteiger partial charge in [0.05, 0.1) is 6.20 Å². The average Bonchev–Trinajstić information content (AvgIpc) is 3.46. The van der Waals surface area contributed by atoms with Gasteiger partial charge in [-0.05, 0) is 53.6 Å². The number of nitrogens with zero attached hydrogens (tertiary/aromatic N) is 1. The molecule has 0 spiro atoms. The third-order valence-corrected chi connectivity index (χ3v) is 5.91. The zero-order valence-electron chi connectivity index (χ0n) is 17.4. The highest BCUT2D eigenvalue weighted by atomic mass is 19.1. The first-order valence-corrected chi connectivity index (χ1v) is 10.5. The minimum absolute atomic E-state index is 0.245. The van der Waals surface area contributed by atoms with Gasteiger partial charge in [0, 0.05) is 33.8 Å². The number of hydrogen-bond acceptors (Lipinski definition) is 2. The number of H-pyrrole nitrogens is 1. The second-order valence-electron chi connectivity index (χ2n) is 8.03. The van der Waals surface area contributed by atoms with Crippen LogP contribution >= 0.6 is 0 Å². The molecule has 0 aliphatic heterocycles. The molecule has 1 N–H and O–H groups in total. The van der Waals surface area contributed by atoms with Crippen LogP contribution in [0.4, 0.5) is 4.39 Å². The second-order valence-corrected chi connectivity index (χ2v) is 8.03. The maximum absolute atomic E-state index is 13.6. The Morgan fingerprint density at radius 1 is 0.812 bits per heavy atom. The predicted molar refractivity (Wildman–Crippen MR) is 127 cm³/mol. The molecule has 0 unspecified atom stereocenters. The summed E-state index contributed by atoms with van der Waals surface area (Å²) in [4.78, 5) is 7.72. The van der Waals surface area contributed by atoms with Crippen molar-refractivity contribution in [1.29, 1.82) is 0 Å². The zero-order chi connectivity index (χ0) is 21.7. The molecule has 3 nitrogen and oxygen atoms in total. The van der Waals surface area contributed by atoms with Gasteiger partial charge in [-0.1, -0.05) is 54.1 Å². The Hall–Kier alpha value is -4.18. The van der Waals surface area contributed by atoms with Crippen LogP contribution in [-0.2, 0) is 0 Å². The molecular weight excluding hydrogens is 399 g/mol. The highest BCUT2D eigenvalue weighted by Gasteiger charge is 2.13. The molecule has 6 aromatic rings. The number of nitrogens with one attached hydrogen (secondary N) is 1. The first kappa shape index (κ1) is 18.6. The smallest absolute Gasteiger partial charge is 0.227 e. The molecule has 154 valence electrons. The van der Waals surface area contributed by atoms with Crippen molar-refractivity contribution in [2.45, 2.75) is 6.92 Å². The number of benzene rings is 4. The van der Waals surface area contributed by atoms with Gasteiger partial charge in [0.25, 0.3) is 0 Å². The van der Waals surface area contributed by atoms with Crippen LogP contribution in [0.1, 0.15) is 5.56 Å². The molecule has 4 heteroatoms. The SMILES string of the molecule is Cc1ccc(-c2cnc(-c3cccc4cc(-c5c[nH]c6cc(F)ccc56)ccc34)o2)cc1. The molecule has 0 aliphatic rings. The molecule has 0 bridgehead atoms. The van der Waals surface area contributed by atoms with Crippen molar-refractivity contribution in [2.24, 2.45) is 0 Å². The van der Waals surface area contributed by atoms with Crippen molar-refractivity contribution in [3.63, 3.8) is 0 Å². The monoisotopic (exact) mass is 418 g/mol.